The summed E-state index contributed by atoms with van der Waals surface area (Å²) in [5.41, 5.74) is -1.02. The van der Waals surface area contributed by atoms with Gasteiger partial charge in [0.15, 0.2) is 23.2 Å². The van der Waals surface area contributed by atoms with Crippen molar-refractivity contribution in [2.45, 2.75) is 30.9 Å². The van der Waals surface area contributed by atoms with Crippen LogP contribution in [0.1, 0.15) is 40.1 Å². The number of amides is 1. The fourth-order valence-electron chi connectivity index (χ4n) is 4.00. The first kappa shape index (κ1) is 22.9. The van der Waals surface area contributed by atoms with Crippen LogP contribution in [-0.4, -0.2) is 28.7 Å². The van der Waals surface area contributed by atoms with Crippen LogP contribution in [0.4, 0.5) is 37.8 Å². The van der Waals surface area contributed by atoms with E-state index in [4.69, 9.17) is 9.47 Å². The van der Waals surface area contributed by atoms with Gasteiger partial charge in [0.25, 0.3) is 5.91 Å². The Labute approximate surface area is 193 Å². The number of anilines is 2. The van der Waals surface area contributed by atoms with Gasteiger partial charge in [0.1, 0.15) is 5.82 Å². The molecule has 2 N–H and O–H groups in total. The SMILES string of the molecule is O=C(Nc1cccc(C(F)(F)F)c1)c1cc2n(n1)[C@@H](C(F)(F)F)C[C@H](c1ccc3c(c1)OCO3)N2. The van der Waals surface area contributed by atoms with Crippen molar-refractivity contribution in [1.29, 1.82) is 0 Å². The van der Waals surface area contributed by atoms with Gasteiger partial charge in [0.05, 0.1) is 11.6 Å². The first-order chi connectivity index (χ1) is 16.5. The third-order valence-corrected chi connectivity index (χ3v) is 5.67. The molecule has 2 atom stereocenters. The van der Waals surface area contributed by atoms with Crippen LogP contribution in [0.25, 0.3) is 0 Å². The zero-order chi connectivity index (χ0) is 25.0. The molecule has 0 aliphatic carbocycles. The van der Waals surface area contributed by atoms with Gasteiger partial charge >= 0.3 is 12.4 Å². The van der Waals surface area contributed by atoms with Crippen molar-refractivity contribution in [1.82, 2.24) is 9.78 Å². The van der Waals surface area contributed by atoms with E-state index in [-0.39, 0.29) is 24.0 Å². The molecule has 0 bridgehead atoms. The number of nitrogens with zero attached hydrogens (tertiary/aromatic N) is 2. The van der Waals surface area contributed by atoms with E-state index in [1.165, 1.54) is 6.07 Å². The molecule has 1 aromatic heterocycles. The molecular formula is C22H16F6N4O3. The molecule has 3 aromatic rings. The minimum Gasteiger partial charge on any atom is -0.454 e. The molecule has 7 nitrogen and oxygen atoms in total. The van der Waals surface area contributed by atoms with E-state index in [1.807, 2.05) is 0 Å². The van der Waals surface area contributed by atoms with Crippen molar-refractivity contribution < 1.29 is 40.6 Å². The summed E-state index contributed by atoms with van der Waals surface area (Å²) in [5, 5.41) is 9.01. The van der Waals surface area contributed by atoms with Crippen LogP contribution in [0, 0.1) is 0 Å². The first-order valence-electron chi connectivity index (χ1n) is 10.3. The van der Waals surface area contributed by atoms with Crippen LogP contribution in [0.2, 0.25) is 0 Å². The highest BCUT2D eigenvalue weighted by Gasteiger charge is 2.47. The summed E-state index contributed by atoms with van der Waals surface area (Å²) >= 11 is 0. The summed E-state index contributed by atoms with van der Waals surface area (Å²) in [6, 6.07) is 7.00. The molecule has 0 saturated heterocycles. The third kappa shape index (κ3) is 4.45. The standard InChI is InChI=1S/C22H16F6N4O3/c23-21(24,25)12-2-1-3-13(7-12)29-20(33)15-9-19-30-14(8-18(22(26,27)28)32(19)31-15)11-4-5-16-17(6-11)35-10-34-16/h1-7,9,14,18,30H,8,10H2,(H,29,33)/t14-,18-/m1/s1. The molecule has 0 fully saturated rings. The Bertz CT molecular complexity index is 1290. The smallest absolute Gasteiger partial charge is 0.416 e. The number of halogens is 6. The van der Waals surface area contributed by atoms with Crippen LogP contribution in [0.15, 0.2) is 48.5 Å². The monoisotopic (exact) mass is 498 g/mol. The Morgan fingerprint density at radius 1 is 1.03 bits per heavy atom. The van der Waals surface area contributed by atoms with E-state index < -0.39 is 42.3 Å². The number of carbonyl (C=O) groups excluding carboxylic acids is 1. The van der Waals surface area contributed by atoms with E-state index in [9.17, 15) is 31.1 Å². The van der Waals surface area contributed by atoms with Crippen molar-refractivity contribution in [2.24, 2.45) is 0 Å². The lowest BCUT2D eigenvalue weighted by Gasteiger charge is -2.33. The highest BCUT2D eigenvalue weighted by Crippen LogP contribution is 2.45. The zero-order valence-corrected chi connectivity index (χ0v) is 17.6. The average molecular weight is 498 g/mol. The van der Waals surface area contributed by atoms with E-state index in [0.717, 1.165) is 24.3 Å². The van der Waals surface area contributed by atoms with Gasteiger partial charge in [0, 0.05) is 18.2 Å². The van der Waals surface area contributed by atoms with Crippen LogP contribution in [0.5, 0.6) is 11.5 Å². The van der Waals surface area contributed by atoms with Gasteiger partial charge in [0.2, 0.25) is 6.79 Å². The first-order valence-corrected chi connectivity index (χ1v) is 10.3. The zero-order valence-electron chi connectivity index (χ0n) is 17.6. The second kappa shape index (κ2) is 8.10. The van der Waals surface area contributed by atoms with Gasteiger partial charge in [-0.15, -0.1) is 0 Å². The lowest BCUT2D eigenvalue weighted by molar-refractivity contribution is -0.173. The average Bonchev–Trinajstić information content (AvgIpc) is 3.43. The molecular weight excluding hydrogens is 482 g/mol. The second-order valence-corrected chi connectivity index (χ2v) is 7.99. The Morgan fingerprint density at radius 3 is 2.54 bits per heavy atom. The molecule has 0 spiro atoms. The number of hydrogen-bond acceptors (Lipinski definition) is 5. The molecule has 35 heavy (non-hydrogen) atoms. The number of aromatic nitrogens is 2. The quantitative estimate of drug-likeness (QED) is 0.464. The summed E-state index contributed by atoms with van der Waals surface area (Å²) in [6.45, 7) is 0.0131. The topological polar surface area (TPSA) is 77.4 Å². The van der Waals surface area contributed by atoms with Gasteiger partial charge in [-0.3, -0.25) is 4.79 Å². The number of benzene rings is 2. The lowest BCUT2D eigenvalue weighted by atomic mass is 9.96. The molecule has 2 aliphatic rings. The summed E-state index contributed by atoms with van der Waals surface area (Å²) in [4.78, 5) is 12.6. The number of alkyl halides is 6. The Hall–Kier alpha value is -3.90. The number of carbonyl (C=O) groups is 1. The van der Waals surface area contributed by atoms with Gasteiger partial charge < -0.3 is 20.1 Å². The minimum atomic E-state index is -4.67. The molecule has 5 rings (SSSR count). The fraction of sp³-hybridized carbons (Fsp3) is 0.273. The largest absolute Gasteiger partial charge is 0.454 e. The van der Waals surface area contributed by atoms with Crippen LogP contribution >= 0.6 is 0 Å². The molecule has 13 heteroatoms. The number of nitrogens with one attached hydrogen (secondary N) is 2. The highest BCUT2D eigenvalue weighted by atomic mass is 19.4. The normalized spacial score (nSPS) is 19.1. The van der Waals surface area contributed by atoms with E-state index in [2.05, 4.69) is 15.7 Å². The van der Waals surface area contributed by atoms with Gasteiger partial charge in [-0.1, -0.05) is 12.1 Å². The van der Waals surface area contributed by atoms with E-state index >= 15 is 0 Å². The molecule has 2 aliphatic heterocycles. The molecule has 0 radical (unpaired) electrons. The van der Waals surface area contributed by atoms with Gasteiger partial charge in [-0.05, 0) is 35.9 Å². The number of hydrogen-bond donors (Lipinski definition) is 2. The maximum absolute atomic E-state index is 13.9. The van der Waals surface area contributed by atoms with Gasteiger partial charge in [-0.25, -0.2) is 4.68 Å². The summed E-state index contributed by atoms with van der Waals surface area (Å²) in [6.07, 6.45) is -9.71. The van der Waals surface area contributed by atoms with Crippen molar-refractivity contribution in [3.8, 4) is 11.5 Å². The predicted molar refractivity (Wildman–Crippen MR) is 110 cm³/mol. The number of ether oxygens (including phenoxy) is 2. The maximum Gasteiger partial charge on any atom is 0.416 e. The Balaban J connectivity index is 1.42. The van der Waals surface area contributed by atoms with E-state index in [1.54, 1.807) is 18.2 Å². The molecule has 0 saturated carbocycles. The van der Waals surface area contributed by atoms with Crippen LogP contribution in [-0.2, 0) is 6.18 Å². The predicted octanol–water partition coefficient (Wildman–Crippen LogP) is 5.54. The molecule has 0 unspecified atom stereocenters. The van der Waals surface area contributed by atoms with E-state index in [0.29, 0.717) is 21.7 Å². The summed E-state index contributed by atoms with van der Waals surface area (Å²) in [5.74, 6) is -0.118. The number of fused-ring (bicyclic) bond motifs is 2. The highest BCUT2D eigenvalue weighted by molar-refractivity contribution is 6.03. The molecule has 184 valence electrons. The van der Waals surface area contributed by atoms with Crippen LogP contribution in [0.3, 0.4) is 0 Å². The fourth-order valence-corrected chi connectivity index (χ4v) is 4.00. The van der Waals surface area contributed by atoms with Crippen molar-refractivity contribution in [2.75, 3.05) is 17.4 Å². The maximum atomic E-state index is 13.9. The third-order valence-electron chi connectivity index (χ3n) is 5.67. The summed E-state index contributed by atoms with van der Waals surface area (Å²) < 4.78 is 91.7. The van der Waals surface area contributed by atoms with Crippen molar-refractivity contribution >= 4 is 17.4 Å². The molecule has 1 amide bonds. The summed E-state index contributed by atoms with van der Waals surface area (Å²) in [7, 11) is 0. The lowest BCUT2D eigenvalue weighted by Crippen LogP contribution is -2.35. The van der Waals surface area contributed by atoms with Crippen molar-refractivity contribution in [3.63, 3.8) is 0 Å². The Kier molecular flexibility index (Phi) is 5.29. The number of rotatable bonds is 3. The Morgan fingerprint density at radius 2 is 1.80 bits per heavy atom. The second-order valence-electron chi connectivity index (χ2n) is 7.99. The minimum absolute atomic E-state index is 0.0131. The molecule has 3 heterocycles. The van der Waals surface area contributed by atoms with Crippen molar-refractivity contribution in [3.05, 3.63) is 65.4 Å². The molecule has 2 aromatic carbocycles. The van der Waals surface area contributed by atoms with Crippen LogP contribution < -0.4 is 20.1 Å². The van der Waals surface area contributed by atoms with Gasteiger partial charge in [-0.2, -0.15) is 31.4 Å².